The fraction of sp³-hybridized carbons (Fsp3) is 0.647. The minimum atomic E-state index is -0.203. The summed E-state index contributed by atoms with van der Waals surface area (Å²) in [5.74, 6) is 1.08. The lowest BCUT2D eigenvalue weighted by Gasteiger charge is -2.21. The van der Waals surface area contributed by atoms with Crippen molar-refractivity contribution in [1.29, 1.82) is 0 Å². The van der Waals surface area contributed by atoms with Crippen LogP contribution in [0, 0.1) is 11.7 Å². The molecule has 0 saturated carbocycles. The highest BCUT2D eigenvalue weighted by Crippen LogP contribution is 2.27. The van der Waals surface area contributed by atoms with Crippen LogP contribution in [0.2, 0.25) is 0 Å². The van der Waals surface area contributed by atoms with Crippen molar-refractivity contribution in [2.24, 2.45) is 5.92 Å². The van der Waals surface area contributed by atoms with E-state index in [1.165, 1.54) is 25.3 Å². The van der Waals surface area contributed by atoms with Gasteiger partial charge in [0.2, 0.25) is 0 Å². The van der Waals surface area contributed by atoms with E-state index < -0.39 is 0 Å². The Morgan fingerprint density at radius 2 is 2.05 bits per heavy atom. The SMILES string of the molecule is CCCCC(CC)CNC(C)c1c(F)cccc1OC. The van der Waals surface area contributed by atoms with Gasteiger partial charge in [0.25, 0.3) is 0 Å². The number of benzene rings is 1. The summed E-state index contributed by atoms with van der Waals surface area (Å²) in [7, 11) is 1.58. The molecule has 0 heterocycles. The molecule has 1 aromatic carbocycles. The smallest absolute Gasteiger partial charge is 0.131 e. The molecule has 0 saturated heterocycles. The van der Waals surface area contributed by atoms with Gasteiger partial charge in [-0.15, -0.1) is 0 Å². The second-order valence-corrected chi connectivity index (χ2v) is 5.40. The van der Waals surface area contributed by atoms with Crippen LogP contribution in [0.4, 0.5) is 4.39 Å². The van der Waals surface area contributed by atoms with Crippen molar-refractivity contribution < 1.29 is 9.13 Å². The second-order valence-electron chi connectivity index (χ2n) is 5.40. The first-order valence-corrected chi connectivity index (χ1v) is 7.69. The molecule has 114 valence electrons. The largest absolute Gasteiger partial charge is 0.496 e. The standard InChI is InChI=1S/C17H28FNO/c1-5-7-9-14(6-2)12-19-13(3)17-15(18)10-8-11-16(17)20-4/h8,10-11,13-14,19H,5-7,9,12H2,1-4H3. The van der Waals surface area contributed by atoms with Gasteiger partial charge >= 0.3 is 0 Å². The molecule has 3 heteroatoms. The maximum Gasteiger partial charge on any atom is 0.131 e. The first kappa shape index (κ1) is 17.0. The van der Waals surface area contributed by atoms with E-state index >= 15 is 0 Å². The van der Waals surface area contributed by atoms with E-state index in [1.54, 1.807) is 13.2 Å². The quantitative estimate of drug-likeness (QED) is 0.708. The number of ether oxygens (including phenoxy) is 1. The number of hydrogen-bond donors (Lipinski definition) is 1. The summed E-state index contributed by atoms with van der Waals surface area (Å²) >= 11 is 0. The minimum absolute atomic E-state index is 0.0400. The van der Waals surface area contributed by atoms with Gasteiger partial charge in [-0.05, 0) is 37.9 Å². The molecule has 20 heavy (non-hydrogen) atoms. The van der Waals surface area contributed by atoms with E-state index in [2.05, 4.69) is 19.2 Å². The van der Waals surface area contributed by atoms with Gasteiger partial charge in [0.15, 0.2) is 0 Å². The van der Waals surface area contributed by atoms with Crippen LogP contribution in [0.3, 0.4) is 0 Å². The van der Waals surface area contributed by atoms with Gasteiger partial charge in [-0.3, -0.25) is 0 Å². The molecule has 1 N–H and O–H groups in total. The summed E-state index contributed by atoms with van der Waals surface area (Å²) in [6.07, 6.45) is 4.89. The van der Waals surface area contributed by atoms with Crippen LogP contribution in [0.25, 0.3) is 0 Å². The van der Waals surface area contributed by atoms with Gasteiger partial charge in [-0.2, -0.15) is 0 Å². The Kier molecular flexibility index (Phi) is 7.60. The molecular weight excluding hydrogens is 253 g/mol. The van der Waals surface area contributed by atoms with Crippen molar-refractivity contribution in [2.75, 3.05) is 13.7 Å². The number of methoxy groups -OCH3 is 1. The van der Waals surface area contributed by atoms with Crippen LogP contribution in [-0.4, -0.2) is 13.7 Å². The molecule has 2 atom stereocenters. The summed E-state index contributed by atoms with van der Waals surface area (Å²) in [6.45, 7) is 7.35. The van der Waals surface area contributed by atoms with E-state index in [0.717, 1.165) is 13.0 Å². The monoisotopic (exact) mass is 281 g/mol. The Balaban J connectivity index is 2.64. The molecule has 2 unspecified atom stereocenters. The van der Waals surface area contributed by atoms with E-state index in [0.29, 0.717) is 17.2 Å². The number of hydrogen-bond acceptors (Lipinski definition) is 2. The molecule has 0 aromatic heterocycles. The molecule has 0 aliphatic heterocycles. The maximum atomic E-state index is 14.0. The third-order valence-corrected chi connectivity index (χ3v) is 3.92. The van der Waals surface area contributed by atoms with E-state index in [1.807, 2.05) is 13.0 Å². The Morgan fingerprint density at radius 1 is 1.30 bits per heavy atom. The van der Waals surface area contributed by atoms with Crippen molar-refractivity contribution in [2.45, 2.75) is 52.5 Å². The highest BCUT2D eigenvalue weighted by atomic mass is 19.1. The van der Waals surface area contributed by atoms with Crippen molar-refractivity contribution in [1.82, 2.24) is 5.32 Å². The first-order chi connectivity index (χ1) is 9.63. The zero-order valence-electron chi connectivity index (χ0n) is 13.2. The predicted molar refractivity (Wildman–Crippen MR) is 82.7 cm³/mol. The normalized spacial score (nSPS) is 14.1. The fourth-order valence-electron chi connectivity index (χ4n) is 2.50. The molecule has 0 spiro atoms. The molecule has 1 rings (SSSR count). The minimum Gasteiger partial charge on any atom is -0.496 e. The summed E-state index contributed by atoms with van der Waals surface area (Å²) in [4.78, 5) is 0. The van der Waals surface area contributed by atoms with Gasteiger partial charge in [0, 0.05) is 11.6 Å². The van der Waals surface area contributed by atoms with E-state index in [9.17, 15) is 4.39 Å². The third kappa shape index (κ3) is 4.78. The van der Waals surface area contributed by atoms with Gasteiger partial charge in [0.05, 0.1) is 7.11 Å². The van der Waals surface area contributed by atoms with Crippen LogP contribution in [0.1, 0.15) is 58.1 Å². The van der Waals surface area contributed by atoms with Crippen LogP contribution >= 0.6 is 0 Å². The van der Waals surface area contributed by atoms with Gasteiger partial charge in [0.1, 0.15) is 11.6 Å². The molecule has 0 aliphatic carbocycles. The molecule has 2 nitrogen and oxygen atoms in total. The van der Waals surface area contributed by atoms with Crippen LogP contribution in [-0.2, 0) is 0 Å². The van der Waals surface area contributed by atoms with Crippen LogP contribution in [0.15, 0.2) is 18.2 Å². The Bertz CT molecular complexity index is 395. The molecule has 0 aliphatic rings. The highest BCUT2D eigenvalue weighted by Gasteiger charge is 2.17. The summed E-state index contributed by atoms with van der Waals surface area (Å²) in [5.41, 5.74) is 0.625. The Morgan fingerprint density at radius 3 is 2.65 bits per heavy atom. The van der Waals surface area contributed by atoms with Gasteiger partial charge in [-0.25, -0.2) is 4.39 Å². The molecule has 1 aromatic rings. The Hall–Kier alpha value is -1.09. The molecular formula is C17H28FNO. The second kappa shape index (κ2) is 8.96. The lowest BCUT2D eigenvalue weighted by molar-refractivity contribution is 0.373. The summed E-state index contributed by atoms with van der Waals surface area (Å²) < 4.78 is 19.2. The summed E-state index contributed by atoms with van der Waals surface area (Å²) in [5, 5.41) is 3.45. The van der Waals surface area contributed by atoms with Crippen molar-refractivity contribution in [3.05, 3.63) is 29.6 Å². The van der Waals surface area contributed by atoms with E-state index in [-0.39, 0.29) is 11.9 Å². The first-order valence-electron chi connectivity index (χ1n) is 7.69. The average molecular weight is 281 g/mol. The predicted octanol–water partition coefficient (Wildman–Crippen LogP) is 4.70. The number of nitrogens with one attached hydrogen (secondary N) is 1. The fourth-order valence-corrected chi connectivity index (χ4v) is 2.50. The molecule has 0 amide bonds. The Labute approximate surface area is 122 Å². The average Bonchev–Trinajstić information content (AvgIpc) is 2.46. The zero-order chi connectivity index (χ0) is 15.0. The van der Waals surface area contributed by atoms with Crippen LogP contribution in [0.5, 0.6) is 5.75 Å². The topological polar surface area (TPSA) is 21.3 Å². The third-order valence-electron chi connectivity index (χ3n) is 3.92. The number of rotatable bonds is 9. The van der Waals surface area contributed by atoms with Gasteiger partial charge in [-0.1, -0.05) is 39.2 Å². The summed E-state index contributed by atoms with van der Waals surface area (Å²) in [6, 6.07) is 4.94. The highest BCUT2D eigenvalue weighted by molar-refractivity contribution is 5.36. The maximum absolute atomic E-state index is 14.0. The molecule has 0 radical (unpaired) electrons. The molecule has 0 fully saturated rings. The lowest BCUT2D eigenvalue weighted by atomic mass is 9.98. The van der Waals surface area contributed by atoms with Gasteiger partial charge < -0.3 is 10.1 Å². The number of halogens is 1. The van der Waals surface area contributed by atoms with E-state index in [4.69, 9.17) is 4.74 Å². The number of unbranched alkanes of at least 4 members (excludes halogenated alkanes) is 1. The zero-order valence-corrected chi connectivity index (χ0v) is 13.2. The lowest BCUT2D eigenvalue weighted by Crippen LogP contribution is -2.26. The molecule has 0 bridgehead atoms. The van der Waals surface area contributed by atoms with Crippen molar-refractivity contribution in [3.8, 4) is 5.75 Å². The van der Waals surface area contributed by atoms with Crippen LogP contribution < -0.4 is 10.1 Å². The van der Waals surface area contributed by atoms with Crippen molar-refractivity contribution >= 4 is 0 Å². The van der Waals surface area contributed by atoms with Crippen molar-refractivity contribution in [3.63, 3.8) is 0 Å².